The molecule has 0 saturated heterocycles. The van der Waals surface area contributed by atoms with E-state index in [9.17, 15) is 4.79 Å². The third-order valence-corrected chi connectivity index (χ3v) is 3.92. The van der Waals surface area contributed by atoms with Crippen molar-refractivity contribution in [3.05, 3.63) is 57.5 Å². The van der Waals surface area contributed by atoms with Gasteiger partial charge >= 0.3 is 0 Å². The van der Waals surface area contributed by atoms with Crippen LogP contribution in [0.1, 0.15) is 12.0 Å². The van der Waals surface area contributed by atoms with Gasteiger partial charge in [-0.3, -0.25) is 4.79 Å². The summed E-state index contributed by atoms with van der Waals surface area (Å²) in [6.07, 6.45) is 0.926. The van der Waals surface area contributed by atoms with Gasteiger partial charge in [-0.1, -0.05) is 45.7 Å². The van der Waals surface area contributed by atoms with Crippen molar-refractivity contribution in [3.8, 4) is 5.75 Å². The second-order valence-corrected chi connectivity index (χ2v) is 5.79. The molecular weight excluding hydrogens is 354 g/mol. The van der Waals surface area contributed by atoms with Gasteiger partial charge < -0.3 is 10.1 Å². The second kappa shape index (κ2) is 7.48. The fourth-order valence-corrected chi connectivity index (χ4v) is 2.64. The molecule has 0 aromatic heterocycles. The van der Waals surface area contributed by atoms with Gasteiger partial charge in [-0.2, -0.15) is 0 Å². The molecule has 5 heteroatoms. The van der Waals surface area contributed by atoms with Crippen molar-refractivity contribution in [2.75, 3.05) is 12.4 Å². The van der Waals surface area contributed by atoms with Crippen LogP contribution in [0.3, 0.4) is 0 Å². The van der Waals surface area contributed by atoms with Crippen molar-refractivity contribution in [1.29, 1.82) is 0 Å². The molecule has 0 heterocycles. The number of hydrogen-bond donors (Lipinski definition) is 1. The normalized spacial score (nSPS) is 10.2. The zero-order chi connectivity index (χ0) is 15.2. The maximum atomic E-state index is 12.0. The average Bonchev–Trinajstić information content (AvgIpc) is 2.46. The summed E-state index contributed by atoms with van der Waals surface area (Å²) < 4.78 is 6.09. The maximum Gasteiger partial charge on any atom is 0.224 e. The summed E-state index contributed by atoms with van der Waals surface area (Å²) in [6, 6.07) is 13.1. The molecule has 2 aromatic carbocycles. The highest BCUT2D eigenvalue weighted by Crippen LogP contribution is 2.28. The van der Waals surface area contributed by atoms with Crippen LogP contribution in [0.5, 0.6) is 5.75 Å². The maximum absolute atomic E-state index is 12.0. The van der Waals surface area contributed by atoms with Crippen LogP contribution in [0.2, 0.25) is 5.02 Å². The predicted octanol–water partition coefficient (Wildman–Crippen LogP) is 4.68. The molecule has 0 radical (unpaired) electrons. The van der Waals surface area contributed by atoms with Gasteiger partial charge in [-0.05, 0) is 36.2 Å². The molecule has 0 saturated carbocycles. The molecule has 1 N–H and O–H groups in total. The first kappa shape index (κ1) is 15.9. The number of aryl methyl sites for hydroxylation is 1. The third kappa shape index (κ3) is 4.48. The van der Waals surface area contributed by atoms with Gasteiger partial charge in [0.25, 0.3) is 0 Å². The molecule has 0 bridgehead atoms. The highest BCUT2D eigenvalue weighted by molar-refractivity contribution is 9.10. The van der Waals surface area contributed by atoms with E-state index in [0.717, 1.165) is 15.7 Å². The Morgan fingerprint density at radius 2 is 2.05 bits per heavy atom. The van der Waals surface area contributed by atoms with Gasteiger partial charge in [-0.15, -0.1) is 0 Å². The lowest BCUT2D eigenvalue weighted by Gasteiger charge is -2.09. The van der Waals surface area contributed by atoms with Crippen molar-refractivity contribution < 1.29 is 9.53 Å². The van der Waals surface area contributed by atoms with Gasteiger partial charge in [0.1, 0.15) is 5.75 Å². The fraction of sp³-hybridized carbons (Fsp3) is 0.188. The Labute approximate surface area is 137 Å². The predicted molar refractivity (Wildman–Crippen MR) is 89.1 cm³/mol. The van der Waals surface area contributed by atoms with Crippen molar-refractivity contribution in [2.24, 2.45) is 0 Å². The molecule has 0 fully saturated rings. The summed E-state index contributed by atoms with van der Waals surface area (Å²) in [7, 11) is 1.57. The van der Waals surface area contributed by atoms with Gasteiger partial charge in [0.05, 0.1) is 12.1 Å². The van der Waals surface area contributed by atoms with E-state index < -0.39 is 0 Å². The van der Waals surface area contributed by atoms with Crippen molar-refractivity contribution >= 4 is 39.1 Å². The number of benzene rings is 2. The molecule has 1 amide bonds. The largest absolute Gasteiger partial charge is 0.495 e. The lowest BCUT2D eigenvalue weighted by atomic mass is 10.1. The van der Waals surface area contributed by atoms with Gasteiger partial charge in [0.15, 0.2) is 0 Å². The number of nitrogens with one attached hydrogen (secondary N) is 1. The van der Waals surface area contributed by atoms with E-state index in [0.29, 0.717) is 23.6 Å². The molecule has 0 spiro atoms. The molecular formula is C16H15BrClNO2. The fourth-order valence-electron chi connectivity index (χ4n) is 1.94. The van der Waals surface area contributed by atoms with E-state index in [1.165, 1.54) is 0 Å². The highest BCUT2D eigenvalue weighted by atomic mass is 79.9. The quantitative estimate of drug-likeness (QED) is 0.832. The van der Waals surface area contributed by atoms with E-state index in [1.54, 1.807) is 13.2 Å². The molecule has 2 rings (SSSR count). The summed E-state index contributed by atoms with van der Waals surface area (Å²) in [5, 5.41) is 3.42. The first-order valence-corrected chi connectivity index (χ1v) is 7.64. The zero-order valence-electron chi connectivity index (χ0n) is 11.5. The van der Waals surface area contributed by atoms with Crippen LogP contribution in [0.25, 0.3) is 0 Å². The molecule has 21 heavy (non-hydrogen) atoms. The molecule has 0 unspecified atom stereocenters. The van der Waals surface area contributed by atoms with Crippen molar-refractivity contribution in [2.45, 2.75) is 12.8 Å². The van der Waals surface area contributed by atoms with Gasteiger partial charge in [-0.25, -0.2) is 0 Å². The molecule has 0 aliphatic carbocycles. The SMILES string of the molecule is COc1cccc(CCC(=O)Nc2cccc(Br)c2)c1Cl. The second-order valence-electron chi connectivity index (χ2n) is 4.49. The summed E-state index contributed by atoms with van der Waals surface area (Å²) in [4.78, 5) is 12.0. The molecule has 0 atom stereocenters. The molecule has 0 aliphatic rings. The van der Waals surface area contributed by atoms with E-state index >= 15 is 0 Å². The monoisotopic (exact) mass is 367 g/mol. The Morgan fingerprint density at radius 3 is 2.76 bits per heavy atom. The van der Waals surface area contributed by atoms with Crippen LogP contribution in [0.4, 0.5) is 5.69 Å². The Kier molecular flexibility index (Phi) is 5.65. The lowest BCUT2D eigenvalue weighted by Crippen LogP contribution is -2.12. The average molecular weight is 369 g/mol. The van der Waals surface area contributed by atoms with Crippen molar-refractivity contribution in [1.82, 2.24) is 0 Å². The number of hydrogen-bond acceptors (Lipinski definition) is 2. The topological polar surface area (TPSA) is 38.3 Å². The molecule has 0 aliphatic heterocycles. The minimum absolute atomic E-state index is 0.0491. The number of amides is 1. The smallest absolute Gasteiger partial charge is 0.224 e. The van der Waals surface area contributed by atoms with E-state index in [1.807, 2.05) is 36.4 Å². The Balaban J connectivity index is 1.95. The Morgan fingerprint density at radius 1 is 1.29 bits per heavy atom. The number of carbonyl (C=O) groups excluding carboxylic acids is 1. The highest BCUT2D eigenvalue weighted by Gasteiger charge is 2.09. The number of ether oxygens (including phenoxy) is 1. The number of halogens is 2. The molecule has 3 nitrogen and oxygen atoms in total. The molecule has 110 valence electrons. The van der Waals surface area contributed by atoms with Crippen LogP contribution in [-0.2, 0) is 11.2 Å². The van der Waals surface area contributed by atoms with Crippen LogP contribution >= 0.6 is 27.5 Å². The van der Waals surface area contributed by atoms with E-state index in [-0.39, 0.29) is 5.91 Å². The van der Waals surface area contributed by atoms with Crippen LogP contribution in [0, 0.1) is 0 Å². The standard InChI is InChI=1S/C16H15BrClNO2/c1-21-14-7-2-4-11(16(14)18)8-9-15(20)19-13-6-3-5-12(17)10-13/h2-7,10H,8-9H2,1H3,(H,19,20). The zero-order valence-corrected chi connectivity index (χ0v) is 13.9. The summed E-state index contributed by atoms with van der Waals surface area (Å²) >= 11 is 9.58. The Bertz CT molecular complexity index is 646. The summed E-state index contributed by atoms with van der Waals surface area (Å²) in [5.74, 6) is 0.577. The number of carbonyl (C=O) groups is 1. The van der Waals surface area contributed by atoms with Crippen molar-refractivity contribution in [3.63, 3.8) is 0 Å². The lowest BCUT2D eigenvalue weighted by molar-refractivity contribution is -0.116. The third-order valence-electron chi connectivity index (χ3n) is 2.99. The first-order valence-electron chi connectivity index (χ1n) is 6.47. The van der Waals surface area contributed by atoms with Crippen LogP contribution in [-0.4, -0.2) is 13.0 Å². The summed E-state index contributed by atoms with van der Waals surface area (Å²) in [6.45, 7) is 0. The summed E-state index contributed by atoms with van der Waals surface area (Å²) in [5.41, 5.74) is 1.67. The van der Waals surface area contributed by atoms with Gasteiger partial charge in [0.2, 0.25) is 5.91 Å². The first-order chi connectivity index (χ1) is 10.1. The minimum Gasteiger partial charge on any atom is -0.495 e. The molecule has 2 aromatic rings. The van der Waals surface area contributed by atoms with Crippen LogP contribution < -0.4 is 10.1 Å². The Hall–Kier alpha value is -1.52. The number of rotatable bonds is 5. The number of methoxy groups -OCH3 is 1. The van der Waals surface area contributed by atoms with E-state index in [4.69, 9.17) is 16.3 Å². The van der Waals surface area contributed by atoms with E-state index in [2.05, 4.69) is 21.2 Å². The minimum atomic E-state index is -0.0491. The van der Waals surface area contributed by atoms with Gasteiger partial charge in [0, 0.05) is 16.6 Å². The number of anilines is 1. The van der Waals surface area contributed by atoms with Crippen LogP contribution in [0.15, 0.2) is 46.9 Å².